The number of para-hydroxylation sites is 2. The van der Waals surface area contributed by atoms with Crippen LogP contribution in [0, 0.1) is 5.82 Å². The molecule has 0 bridgehead atoms. The number of aromatic amines is 1. The number of esters is 1. The summed E-state index contributed by atoms with van der Waals surface area (Å²) >= 11 is 0. The maximum atomic E-state index is 13.9. The van der Waals surface area contributed by atoms with E-state index in [1.165, 1.54) is 6.07 Å². The van der Waals surface area contributed by atoms with Crippen LogP contribution in [-0.4, -0.2) is 59.5 Å². The van der Waals surface area contributed by atoms with E-state index in [4.69, 9.17) is 4.74 Å². The number of anilines is 1. The highest BCUT2D eigenvalue weighted by Gasteiger charge is 2.23. The second-order valence-electron chi connectivity index (χ2n) is 7.86. The second kappa shape index (κ2) is 10.2. The average Bonchev–Trinajstić information content (AvgIpc) is 2.83. The molecule has 2 aromatic carbocycles. The van der Waals surface area contributed by atoms with Gasteiger partial charge in [0.1, 0.15) is 11.6 Å². The lowest BCUT2D eigenvalue weighted by atomic mass is 10.2. The Bertz CT molecular complexity index is 1200. The van der Waals surface area contributed by atoms with Gasteiger partial charge in [-0.15, -0.1) is 0 Å². The van der Waals surface area contributed by atoms with Gasteiger partial charge in [-0.1, -0.05) is 24.3 Å². The van der Waals surface area contributed by atoms with Gasteiger partial charge >= 0.3 is 5.97 Å². The molecule has 9 heteroatoms. The number of amides is 1. The molecule has 0 unspecified atom stereocenters. The van der Waals surface area contributed by atoms with Crippen molar-refractivity contribution in [2.24, 2.45) is 0 Å². The fourth-order valence-electron chi connectivity index (χ4n) is 3.86. The Morgan fingerprint density at radius 2 is 1.76 bits per heavy atom. The molecule has 2 heterocycles. The summed E-state index contributed by atoms with van der Waals surface area (Å²) in [5.41, 5.74) is 0.927. The van der Waals surface area contributed by atoms with Crippen LogP contribution >= 0.6 is 0 Å². The summed E-state index contributed by atoms with van der Waals surface area (Å²) in [5, 5.41) is 0.522. The molecule has 0 saturated carbocycles. The summed E-state index contributed by atoms with van der Waals surface area (Å²) in [6.45, 7) is 1.58. The first-order valence-electron chi connectivity index (χ1n) is 10.9. The summed E-state index contributed by atoms with van der Waals surface area (Å²) in [5.74, 6) is -0.516. The standard InChI is InChI=1S/C24H25FN4O4/c25-18-7-2-4-9-20(18)28-12-14-29(15-13-28)22(30)16-33-23(31)11-5-10-21-26-19-8-3-1-6-17(19)24(32)27-21/h1-4,6-9H,5,10-16H2,(H,26,27,32). The molecule has 1 N–H and O–H groups in total. The third kappa shape index (κ3) is 5.54. The Balaban J connectivity index is 1.18. The van der Waals surface area contributed by atoms with Crippen LogP contribution in [0.1, 0.15) is 18.7 Å². The molecule has 0 atom stereocenters. The number of aromatic nitrogens is 2. The van der Waals surface area contributed by atoms with Crippen molar-refractivity contribution in [3.05, 3.63) is 70.5 Å². The van der Waals surface area contributed by atoms with Crippen LogP contribution in [0.5, 0.6) is 0 Å². The third-order valence-corrected chi connectivity index (χ3v) is 5.64. The van der Waals surface area contributed by atoms with Crippen LogP contribution in [0.3, 0.4) is 0 Å². The van der Waals surface area contributed by atoms with E-state index in [9.17, 15) is 18.8 Å². The summed E-state index contributed by atoms with van der Waals surface area (Å²) < 4.78 is 19.1. The molecule has 33 heavy (non-hydrogen) atoms. The van der Waals surface area contributed by atoms with E-state index in [1.807, 2.05) is 11.0 Å². The first-order valence-corrected chi connectivity index (χ1v) is 10.9. The van der Waals surface area contributed by atoms with Gasteiger partial charge in [0.2, 0.25) is 0 Å². The quantitative estimate of drug-likeness (QED) is 0.553. The molecule has 1 aliphatic rings. The SMILES string of the molecule is O=C(CCCc1nc2ccccc2c(=O)[nH]1)OCC(=O)N1CCN(c2ccccc2F)CC1. The van der Waals surface area contributed by atoms with Gasteiger partial charge in [0, 0.05) is 39.0 Å². The van der Waals surface area contributed by atoms with Crippen LogP contribution in [0.25, 0.3) is 10.9 Å². The minimum atomic E-state index is -0.475. The molecular weight excluding hydrogens is 427 g/mol. The highest BCUT2D eigenvalue weighted by Crippen LogP contribution is 2.20. The first kappa shape index (κ1) is 22.4. The number of H-pyrrole nitrogens is 1. The van der Waals surface area contributed by atoms with E-state index in [0.29, 0.717) is 61.4 Å². The number of carbonyl (C=O) groups is 2. The third-order valence-electron chi connectivity index (χ3n) is 5.64. The molecule has 0 spiro atoms. The number of fused-ring (bicyclic) bond motifs is 1. The maximum Gasteiger partial charge on any atom is 0.306 e. The van der Waals surface area contributed by atoms with E-state index in [0.717, 1.165) is 0 Å². The molecule has 1 amide bonds. The van der Waals surface area contributed by atoms with Crippen LogP contribution in [0.2, 0.25) is 0 Å². The molecule has 1 saturated heterocycles. The largest absolute Gasteiger partial charge is 0.456 e. The van der Waals surface area contributed by atoms with E-state index in [1.54, 1.807) is 41.3 Å². The summed E-state index contributed by atoms with van der Waals surface area (Å²) in [7, 11) is 0. The van der Waals surface area contributed by atoms with Crippen molar-refractivity contribution in [1.29, 1.82) is 0 Å². The average molecular weight is 452 g/mol. The molecule has 1 fully saturated rings. The maximum absolute atomic E-state index is 13.9. The fraction of sp³-hybridized carbons (Fsp3) is 0.333. The van der Waals surface area contributed by atoms with Crippen LogP contribution in [0.4, 0.5) is 10.1 Å². The molecule has 0 radical (unpaired) electrons. The molecule has 3 aromatic rings. The van der Waals surface area contributed by atoms with Crippen LogP contribution < -0.4 is 10.5 Å². The summed E-state index contributed by atoms with van der Waals surface area (Å²) in [6, 6.07) is 13.6. The van der Waals surface area contributed by atoms with Crippen molar-refractivity contribution >= 4 is 28.5 Å². The monoisotopic (exact) mass is 452 g/mol. The van der Waals surface area contributed by atoms with Crippen LogP contribution in [0.15, 0.2) is 53.3 Å². The summed E-state index contributed by atoms with van der Waals surface area (Å²) in [4.78, 5) is 47.2. The number of hydrogen-bond acceptors (Lipinski definition) is 6. The highest BCUT2D eigenvalue weighted by molar-refractivity contribution is 5.81. The predicted octanol–water partition coefficient (Wildman–Crippen LogP) is 2.28. The number of benzene rings is 2. The van der Waals surface area contributed by atoms with Crippen molar-refractivity contribution < 1.29 is 18.7 Å². The molecule has 0 aliphatic carbocycles. The zero-order chi connectivity index (χ0) is 23.2. The van der Waals surface area contributed by atoms with Gasteiger partial charge in [-0.05, 0) is 30.7 Å². The Hall–Kier alpha value is -3.75. The normalized spacial score (nSPS) is 13.8. The molecule has 172 valence electrons. The Morgan fingerprint density at radius 1 is 1.03 bits per heavy atom. The molecular formula is C24H25FN4O4. The van der Waals surface area contributed by atoms with E-state index < -0.39 is 5.97 Å². The zero-order valence-electron chi connectivity index (χ0n) is 18.1. The first-order chi connectivity index (χ1) is 16.0. The number of ether oxygens (including phenoxy) is 1. The van der Waals surface area contributed by atoms with E-state index in [-0.39, 0.29) is 30.3 Å². The zero-order valence-corrected chi connectivity index (χ0v) is 18.1. The lowest BCUT2D eigenvalue weighted by molar-refractivity contribution is -0.152. The van der Waals surface area contributed by atoms with Crippen molar-refractivity contribution in [1.82, 2.24) is 14.9 Å². The summed E-state index contributed by atoms with van der Waals surface area (Å²) in [6.07, 6.45) is 0.974. The molecule has 1 aromatic heterocycles. The van der Waals surface area contributed by atoms with Crippen molar-refractivity contribution in [3.8, 4) is 0 Å². The van der Waals surface area contributed by atoms with Crippen LogP contribution in [-0.2, 0) is 20.7 Å². The van der Waals surface area contributed by atoms with Gasteiger partial charge < -0.3 is 19.5 Å². The van der Waals surface area contributed by atoms with Crippen molar-refractivity contribution in [2.45, 2.75) is 19.3 Å². The molecule has 8 nitrogen and oxygen atoms in total. The van der Waals surface area contributed by atoms with Gasteiger partial charge in [0.25, 0.3) is 11.5 Å². The molecule has 1 aliphatic heterocycles. The lowest BCUT2D eigenvalue weighted by Crippen LogP contribution is -2.50. The van der Waals surface area contributed by atoms with Gasteiger partial charge in [-0.25, -0.2) is 9.37 Å². The minimum absolute atomic E-state index is 0.116. The Labute approximate surface area is 190 Å². The number of hydrogen-bond donors (Lipinski definition) is 1. The number of aryl methyl sites for hydroxylation is 1. The van der Waals surface area contributed by atoms with E-state index >= 15 is 0 Å². The highest BCUT2D eigenvalue weighted by atomic mass is 19.1. The number of nitrogens with one attached hydrogen (secondary N) is 1. The topological polar surface area (TPSA) is 95.6 Å². The van der Waals surface area contributed by atoms with Gasteiger partial charge in [0.05, 0.1) is 16.6 Å². The minimum Gasteiger partial charge on any atom is -0.456 e. The Kier molecular flexibility index (Phi) is 6.97. The smallest absolute Gasteiger partial charge is 0.306 e. The molecule has 4 rings (SSSR count). The Morgan fingerprint density at radius 3 is 2.55 bits per heavy atom. The van der Waals surface area contributed by atoms with E-state index in [2.05, 4.69) is 9.97 Å². The van der Waals surface area contributed by atoms with Crippen molar-refractivity contribution in [3.63, 3.8) is 0 Å². The lowest BCUT2D eigenvalue weighted by Gasteiger charge is -2.36. The van der Waals surface area contributed by atoms with Gasteiger partial charge in [-0.2, -0.15) is 0 Å². The number of rotatable bonds is 7. The second-order valence-corrected chi connectivity index (χ2v) is 7.86. The number of piperazine rings is 1. The fourth-order valence-corrected chi connectivity index (χ4v) is 3.86. The number of carbonyl (C=O) groups excluding carboxylic acids is 2. The van der Waals surface area contributed by atoms with Gasteiger partial charge in [-0.3, -0.25) is 14.4 Å². The number of halogens is 1. The van der Waals surface area contributed by atoms with Gasteiger partial charge in [0.15, 0.2) is 6.61 Å². The predicted molar refractivity (Wildman–Crippen MR) is 121 cm³/mol. The van der Waals surface area contributed by atoms with Crippen molar-refractivity contribution in [2.75, 3.05) is 37.7 Å². The number of nitrogens with zero attached hydrogens (tertiary/aromatic N) is 3.